The van der Waals surface area contributed by atoms with E-state index in [9.17, 15) is 4.79 Å². The lowest BCUT2D eigenvalue weighted by atomic mass is 10.3. The largest absolute Gasteiger partial charge is 0.341 e. The van der Waals surface area contributed by atoms with Gasteiger partial charge >= 0.3 is 0 Å². The van der Waals surface area contributed by atoms with Gasteiger partial charge in [0.2, 0.25) is 5.95 Å². The highest BCUT2D eigenvalue weighted by molar-refractivity contribution is 6.34. The number of para-hydroxylation sites is 1. The minimum Gasteiger partial charge on any atom is -0.341 e. The number of carbonyl (C=O) groups is 1. The van der Waals surface area contributed by atoms with Gasteiger partial charge in [-0.25, -0.2) is 14.6 Å². The molecule has 0 saturated carbocycles. The van der Waals surface area contributed by atoms with Crippen LogP contribution in [0.15, 0.2) is 42.6 Å². The first-order valence-electron chi connectivity index (χ1n) is 8.83. The predicted molar refractivity (Wildman–Crippen MR) is 105 cm³/mol. The molecule has 7 nitrogen and oxygen atoms in total. The summed E-state index contributed by atoms with van der Waals surface area (Å²) in [5.41, 5.74) is 1.81. The summed E-state index contributed by atoms with van der Waals surface area (Å²) >= 11 is 6.20. The van der Waals surface area contributed by atoms with Crippen molar-refractivity contribution in [3.8, 4) is 5.69 Å². The number of aromatic nitrogens is 4. The van der Waals surface area contributed by atoms with Crippen molar-refractivity contribution in [3.63, 3.8) is 0 Å². The average molecular weight is 383 g/mol. The maximum atomic E-state index is 12.8. The van der Waals surface area contributed by atoms with Gasteiger partial charge < -0.3 is 10.2 Å². The van der Waals surface area contributed by atoms with Crippen molar-refractivity contribution in [2.24, 2.45) is 0 Å². The molecule has 1 aliphatic rings. The van der Waals surface area contributed by atoms with E-state index in [1.54, 1.807) is 10.7 Å². The monoisotopic (exact) mass is 382 g/mol. The van der Waals surface area contributed by atoms with Gasteiger partial charge in [0.05, 0.1) is 22.6 Å². The fourth-order valence-corrected chi connectivity index (χ4v) is 3.29. The van der Waals surface area contributed by atoms with E-state index >= 15 is 0 Å². The zero-order valence-corrected chi connectivity index (χ0v) is 15.6. The van der Waals surface area contributed by atoms with Gasteiger partial charge in [-0.05, 0) is 31.9 Å². The number of rotatable bonds is 4. The van der Waals surface area contributed by atoms with Crippen LogP contribution in [0.3, 0.4) is 0 Å². The standard InChI is InChI=1S/C19H19ClN6O/c1-13-11-16(26(24-13)14-7-3-2-4-8-14)22-18(27)17-15(20)12-21-19(23-17)25-9-5-6-10-25/h2-4,7-8,11-12H,5-6,9-10H2,1H3,(H,22,27). The van der Waals surface area contributed by atoms with Crippen LogP contribution in [0, 0.1) is 6.92 Å². The molecule has 0 aliphatic carbocycles. The Bertz CT molecular complexity index is 966. The van der Waals surface area contributed by atoms with E-state index < -0.39 is 0 Å². The number of aryl methyl sites for hydroxylation is 1. The molecule has 1 fully saturated rings. The molecule has 3 aromatic rings. The Morgan fingerprint density at radius 1 is 1.19 bits per heavy atom. The number of halogens is 1. The van der Waals surface area contributed by atoms with Crippen LogP contribution >= 0.6 is 11.6 Å². The fourth-order valence-electron chi connectivity index (χ4n) is 3.12. The van der Waals surface area contributed by atoms with Crippen LogP contribution in [0.4, 0.5) is 11.8 Å². The number of hydrogen-bond acceptors (Lipinski definition) is 5. The Kier molecular flexibility index (Phi) is 4.77. The third kappa shape index (κ3) is 3.64. The van der Waals surface area contributed by atoms with Gasteiger partial charge in [0.15, 0.2) is 5.69 Å². The summed E-state index contributed by atoms with van der Waals surface area (Å²) in [6.45, 7) is 3.66. The minimum atomic E-state index is -0.389. The number of hydrogen-bond donors (Lipinski definition) is 1. The Balaban J connectivity index is 1.63. The Hall–Kier alpha value is -2.93. The van der Waals surface area contributed by atoms with E-state index in [0.717, 1.165) is 37.3 Å². The van der Waals surface area contributed by atoms with Gasteiger partial charge in [0, 0.05) is 19.2 Å². The van der Waals surface area contributed by atoms with Crippen LogP contribution in [-0.2, 0) is 0 Å². The van der Waals surface area contributed by atoms with Crippen molar-refractivity contribution in [2.75, 3.05) is 23.3 Å². The number of amides is 1. The molecule has 27 heavy (non-hydrogen) atoms. The molecule has 1 aromatic carbocycles. The van der Waals surface area contributed by atoms with Crippen LogP contribution in [0.2, 0.25) is 5.02 Å². The van der Waals surface area contributed by atoms with Crippen molar-refractivity contribution in [1.29, 1.82) is 0 Å². The summed E-state index contributed by atoms with van der Waals surface area (Å²) < 4.78 is 1.68. The first kappa shape index (κ1) is 17.5. The van der Waals surface area contributed by atoms with Crippen molar-refractivity contribution >= 4 is 29.3 Å². The van der Waals surface area contributed by atoms with Crippen LogP contribution in [-0.4, -0.2) is 38.7 Å². The van der Waals surface area contributed by atoms with E-state index in [-0.39, 0.29) is 16.6 Å². The van der Waals surface area contributed by atoms with Gasteiger partial charge in [-0.1, -0.05) is 29.8 Å². The number of carbonyl (C=O) groups excluding carboxylic acids is 1. The van der Waals surface area contributed by atoms with Crippen LogP contribution in [0.5, 0.6) is 0 Å². The fraction of sp³-hybridized carbons (Fsp3) is 0.263. The van der Waals surface area contributed by atoms with E-state index in [1.807, 2.05) is 37.3 Å². The molecule has 0 atom stereocenters. The summed E-state index contributed by atoms with van der Waals surface area (Å²) in [6.07, 6.45) is 3.68. The molecule has 4 rings (SSSR count). The van der Waals surface area contributed by atoms with Crippen molar-refractivity contribution < 1.29 is 4.79 Å². The lowest BCUT2D eigenvalue weighted by Gasteiger charge is -2.16. The number of anilines is 2. The second-order valence-corrected chi connectivity index (χ2v) is 6.84. The molecule has 1 saturated heterocycles. The molecule has 0 unspecified atom stereocenters. The molecular weight excluding hydrogens is 364 g/mol. The highest BCUT2D eigenvalue weighted by Gasteiger charge is 2.21. The van der Waals surface area contributed by atoms with E-state index in [2.05, 4.69) is 25.3 Å². The zero-order chi connectivity index (χ0) is 18.8. The lowest BCUT2D eigenvalue weighted by Crippen LogP contribution is -2.23. The topological polar surface area (TPSA) is 75.9 Å². The summed E-state index contributed by atoms with van der Waals surface area (Å²) in [6, 6.07) is 11.4. The highest BCUT2D eigenvalue weighted by atomic mass is 35.5. The van der Waals surface area contributed by atoms with Crippen LogP contribution in [0.1, 0.15) is 29.0 Å². The van der Waals surface area contributed by atoms with Gasteiger partial charge in [-0.3, -0.25) is 4.79 Å². The predicted octanol–water partition coefficient (Wildman–Crippen LogP) is 3.48. The highest BCUT2D eigenvalue weighted by Crippen LogP contribution is 2.22. The minimum absolute atomic E-state index is 0.159. The molecular formula is C19H19ClN6O. The molecule has 2 aromatic heterocycles. The average Bonchev–Trinajstić information content (AvgIpc) is 3.33. The number of nitrogens with zero attached hydrogens (tertiary/aromatic N) is 5. The summed E-state index contributed by atoms with van der Waals surface area (Å²) in [5, 5.41) is 7.55. The summed E-state index contributed by atoms with van der Waals surface area (Å²) in [5.74, 6) is 0.704. The molecule has 0 spiro atoms. The van der Waals surface area contributed by atoms with E-state index in [1.165, 1.54) is 6.20 Å². The Morgan fingerprint density at radius 3 is 2.67 bits per heavy atom. The number of nitrogens with one attached hydrogen (secondary N) is 1. The summed E-state index contributed by atoms with van der Waals surface area (Å²) in [7, 11) is 0. The Labute approximate surface area is 162 Å². The first-order chi connectivity index (χ1) is 13.1. The van der Waals surface area contributed by atoms with Gasteiger partial charge in [-0.15, -0.1) is 0 Å². The van der Waals surface area contributed by atoms with Crippen molar-refractivity contribution in [3.05, 3.63) is 59.0 Å². The molecule has 1 amide bonds. The van der Waals surface area contributed by atoms with E-state index in [4.69, 9.17) is 11.6 Å². The SMILES string of the molecule is Cc1cc(NC(=O)c2nc(N3CCCC3)ncc2Cl)n(-c2ccccc2)n1. The van der Waals surface area contributed by atoms with Gasteiger partial charge in [-0.2, -0.15) is 5.10 Å². The second-order valence-electron chi connectivity index (χ2n) is 6.43. The molecule has 3 heterocycles. The van der Waals surface area contributed by atoms with Crippen molar-refractivity contribution in [1.82, 2.24) is 19.7 Å². The lowest BCUT2D eigenvalue weighted by molar-refractivity contribution is 0.102. The quantitative estimate of drug-likeness (QED) is 0.747. The van der Waals surface area contributed by atoms with Gasteiger partial charge in [0.25, 0.3) is 5.91 Å². The summed E-state index contributed by atoms with van der Waals surface area (Å²) in [4.78, 5) is 23.6. The zero-order valence-electron chi connectivity index (χ0n) is 14.9. The van der Waals surface area contributed by atoms with E-state index in [0.29, 0.717) is 11.8 Å². The Morgan fingerprint density at radius 2 is 1.93 bits per heavy atom. The second kappa shape index (κ2) is 7.36. The molecule has 1 aliphatic heterocycles. The normalized spacial score (nSPS) is 13.8. The maximum absolute atomic E-state index is 12.8. The smallest absolute Gasteiger partial charge is 0.277 e. The molecule has 138 valence electrons. The van der Waals surface area contributed by atoms with Crippen molar-refractivity contribution in [2.45, 2.75) is 19.8 Å². The molecule has 0 bridgehead atoms. The number of benzene rings is 1. The van der Waals surface area contributed by atoms with Gasteiger partial charge in [0.1, 0.15) is 5.82 Å². The molecule has 0 radical (unpaired) electrons. The van der Waals surface area contributed by atoms with Crippen LogP contribution < -0.4 is 10.2 Å². The maximum Gasteiger partial charge on any atom is 0.277 e. The molecule has 8 heteroatoms. The molecule has 1 N–H and O–H groups in total. The first-order valence-corrected chi connectivity index (χ1v) is 9.20. The third-order valence-electron chi connectivity index (χ3n) is 4.41. The third-order valence-corrected chi connectivity index (χ3v) is 4.69. The van der Waals surface area contributed by atoms with Crippen LogP contribution in [0.25, 0.3) is 5.69 Å².